The number of ether oxygens (including phenoxy) is 1. The topological polar surface area (TPSA) is 87.3 Å². The molecule has 1 saturated heterocycles. The van der Waals surface area contributed by atoms with Crippen LogP contribution in [0.25, 0.3) is 0 Å². The Bertz CT molecular complexity index is 1500. The summed E-state index contributed by atoms with van der Waals surface area (Å²) < 4.78 is 50.2. The molecule has 0 bridgehead atoms. The summed E-state index contributed by atoms with van der Waals surface area (Å²) in [5.74, 6) is 0.261. The number of amides is 1. The van der Waals surface area contributed by atoms with Crippen LogP contribution in [0.5, 0.6) is 0 Å². The summed E-state index contributed by atoms with van der Waals surface area (Å²) in [7, 11) is 1.87. The van der Waals surface area contributed by atoms with Crippen molar-refractivity contribution in [3.8, 4) is 6.07 Å². The maximum atomic E-state index is 14.3. The van der Waals surface area contributed by atoms with Crippen molar-refractivity contribution in [3.63, 3.8) is 0 Å². The van der Waals surface area contributed by atoms with Crippen LogP contribution in [0.4, 0.5) is 18.9 Å². The number of aryl methyl sites for hydroxylation is 1. The van der Waals surface area contributed by atoms with Crippen LogP contribution < -0.4 is 4.90 Å². The Morgan fingerprint density at radius 2 is 2.00 bits per heavy atom. The standard InChI is InChI=1S/C30H31F3N6O2/c1-37-19-35-36-27(37)15-29(13-21(14-29)16-34)22-4-2-5-23(12-22)39-18-25-24(28(39)40)10-20(11-26(25)30(31,32)33)17-38-6-3-8-41-9-7-38/h2,4-5,10-12,19,21H,3,6-9,13-15,17-18H2,1H3. The molecular formula is C30H31F3N6O2. The van der Waals surface area contributed by atoms with Gasteiger partial charge in [-0.05, 0) is 60.2 Å². The third kappa shape index (κ3) is 5.22. The number of anilines is 1. The first-order chi connectivity index (χ1) is 19.7. The predicted octanol–water partition coefficient (Wildman–Crippen LogP) is 4.63. The van der Waals surface area contributed by atoms with Gasteiger partial charge in [-0.3, -0.25) is 9.69 Å². The van der Waals surface area contributed by atoms with Crippen LogP contribution in [0.2, 0.25) is 0 Å². The van der Waals surface area contributed by atoms with E-state index < -0.39 is 17.6 Å². The fourth-order valence-electron chi connectivity index (χ4n) is 6.47. The molecule has 6 rings (SSSR count). The molecule has 1 amide bonds. The van der Waals surface area contributed by atoms with Crippen molar-refractivity contribution in [1.29, 1.82) is 5.26 Å². The highest BCUT2D eigenvalue weighted by atomic mass is 19.4. The van der Waals surface area contributed by atoms with Gasteiger partial charge in [0, 0.05) is 62.3 Å². The Morgan fingerprint density at radius 3 is 2.73 bits per heavy atom. The van der Waals surface area contributed by atoms with Crippen molar-refractivity contribution in [2.45, 2.75) is 50.4 Å². The van der Waals surface area contributed by atoms with Crippen molar-refractivity contribution >= 4 is 11.6 Å². The quantitative estimate of drug-likeness (QED) is 0.434. The highest BCUT2D eigenvalue weighted by Crippen LogP contribution is 2.50. The van der Waals surface area contributed by atoms with E-state index in [-0.39, 0.29) is 29.0 Å². The lowest BCUT2D eigenvalue weighted by molar-refractivity contribution is -0.138. The van der Waals surface area contributed by atoms with E-state index in [1.165, 1.54) is 11.0 Å². The van der Waals surface area contributed by atoms with Gasteiger partial charge in [-0.15, -0.1) is 10.2 Å². The van der Waals surface area contributed by atoms with E-state index in [1.807, 2.05) is 29.8 Å². The lowest BCUT2D eigenvalue weighted by Gasteiger charge is -2.45. The predicted molar refractivity (Wildman–Crippen MR) is 144 cm³/mol. The zero-order chi connectivity index (χ0) is 28.8. The molecule has 3 aromatic rings. The van der Waals surface area contributed by atoms with Crippen LogP contribution in [0, 0.1) is 17.2 Å². The maximum absolute atomic E-state index is 14.3. The first-order valence-electron chi connectivity index (χ1n) is 13.8. The fraction of sp³-hybridized carbons (Fsp3) is 0.467. The average molecular weight is 565 g/mol. The van der Waals surface area contributed by atoms with Crippen molar-refractivity contribution < 1.29 is 22.7 Å². The molecule has 0 atom stereocenters. The van der Waals surface area contributed by atoms with Gasteiger partial charge < -0.3 is 14.2 Å². The number of carbonyl (C=O) groups is 1. The highest BCUT2D eigenvalue weighted by molar-refractivity contribution is 6.10. The molecular weight excluding hydrogens is 533 g/mol. The number of nitriles is 1. The number of carbonyl (C=O) groups excluding carboxylic acids is 1. The number of hydrogen-bond acceptors (Lipinski definition) is 6. The molecule has 2 aliphatic heterocycles. The molecule has 0 radical (unpaired) electrons. The zero-order valence-electron chi connectivity index (χ0n) is 22.8. The minimum absolute atomic E-state index is 0.0119. The first-order valence-corrected chi connectivity index (χ1v) is 13.8. The lowest BCUT2D eigenvalue weighted by atomic mass is 9.57. The average Bonchev–Trinajstić information content (AvgIpc) is 3.36. The Hall–Kier alpha value is -3.75. The minimum Gasteiger partial charge on any atom is -0.380 e. The van der Waals surface area contributed by atoms with E-state index in [0.717, 1.165) is 24.4 Å². The van der Waals surface area contributed by atoms with Crippen LogP contribution in [0.15, 0.2) is 42.7 Å². The smallest absolute Gasteiger partial charge is 0.380 e. The number of nitrogens with zero attached hydrogens (tertiary/aromatic N) is 6. The summed E-state index contributed by atoms with van der Waals surface area (Å²) in [6.45, 7) is 2.71. The Labute approximate surface area is 236 Å². The molecule has 3 heterocycles. The van der Waals surface area contributed by atoms with Crippen LogP contribution in [0.3, 0.4) is 0 Å². The summed E-state index contributed by atoms with van der Waals surface area (Å²) in [4.78, 5) is 17.2. The maximum Gasteiger partial charge on any atom is 0.416 e. The molecule has 8 nitrogen and oxygen atoms in total. The minimum atomic E-state index is -4.58. The molecule has 1 saturated carbocycles. The van der Waals surface area contributed by atoms with Gasteiger partial charge in [0.15, 0.2) is 0 Å². The van der Waals surface area contributed by atoms with Gasteiger partial charge >= 0.3 is 6.18 Å². The molecule has 11 heteroatoms. The van der Waals surface area contributed by atoms with E-state index in [2.05, 4.69) is 21.2 Å². The van der Waals surface area contributed by atoms with Crippen LogP contribution in [-0.4, -0.2) is 51.9 Å². The second-order valence-corrected chi connectivity index (χ2v) is 11.4. The molecule has 2 fully saturated rings. The summed E-state index contributed by atoms with van der Waals surface area (Å²) in [5, 5.41) is 17.7. The largest absolute Gasteiger partial charge is 0.416 e. The summed E-state index contributed by atoms with van der Waals surface area (Å²) in [5.41, 5.74) is 0.952. The monoisotopic (exact) mass is 564 g/mol. The molecule has 0 unspecified atom stereocenters. The number of alkyl halides is 3. The van der Waals surface area contributed by atoms with Gasteiger partial charge in [0.2, 0.25) is 0 Å². The first kappa shape index (κ1) is 27.4. The molecule has 214 valence electrons. The summed E-state index contributed by atoms with van der Waals surface area (Å²) in [6, 6.07) is 12.6. The van der Waals surface area contributed by atoms with E-state index >= 15 is 0 Å². The number of halogens is 3. The van der Waals surface area contributed by atoms with Gasteiger partial charge in [0.05, 0.1) is 24.8 Å². The third-order valence-corrected chi connectivity index (χ3v) is 8.66. The summed E-state index contributed by atoms with van der Waals surface area (Å²) >= 11 is 0. The van der Waals surface area contributed by atoms with Gasteiger partial charge in [-0.2, -0.15) is 18.4 Å². The number of benzene rings is 2. The number of rotatable bonds is 6. The second-order valence-electron chi connectivity index (χ2n) is 11.4. The Morgan fingerprint density at radius 1 is 1.17 bits per heavy atom. The van der Waals surface area contributed by atoms with Gasteiger partial charge in [0.1, 0.15) is 12.2 Å². The number of hydrogen-bond donors (Lipinski definition) is 0. The third-order valence-electron chi connectivity index (χ3n) is 8.66. The normalized spacial score (nSPS) is 23.1. The molecule has 1 aromatic heterocycles. The zero-order valence-corrected chi connectivity index (χ0v) is 22.8. The van der Waals surface area contributed by atoms with Gasteiger partial charge in [0.25, 0.3) is 5.91 Å². The molecule has 2 aromatic carbocycles. The van der Waals surface area contributed by atoms with Crippen LogP contribution >= 0.6 is 0 Å². The lowest BCUT2D eigenvalue weighted by Crippen LogP contribution is -2.43. The summed E-state index contributed by atoms with van der Waals surface area (Å²) in [6.07, 6.45) is -0.296. The Balaban J connectivity index is 1.32. The van der Waals surface area contributed by atoms with Crippen molar-refractivity contribution in [3.05, 3.63) is 76.4 Å². The SMILES string of the molecule is Cn1cnnc1CC1(c2cccc(N3Cc4c(cc(CN5CCCOCC5)cc4C(F)(F)F)C3=O)c2)CC(C#N)C1. The van der Waals surface area contributed by atoms with Gasteiger partial charge in [-0.1, -0.05) is 12.1 Å². The fourth-order valence-corrected chi connectivity index (χ4v) is 6.47. The molecule has 3 aliphatic rings. The van der Waals surface area contributed by atoms with Gasteiger partial charge in [-0.25, -0.2) is 0 Å². The van der Waals surface area contributed by atoms with E-state index in [4.69, 9.17) is 4.74 Å². The molecule has 41 heavy (non-hydrogen) atoms. The number of aromatic nitrogens is 3. The molecule has 0 N–H and O–H groups in total. The molecule has 1 aliphatic carbocycles. The van der Waals surface area contributed by atoms with Crippen molar-refractivity contribution in [2.24, 2.45) is 13.0 Å². The van der Waals surface area contributed by atoms with Crippen LogP contribution in [0.1, 0.15) is 57.7 Å². The van der Waals surface area contributed by atoms with E-state index in [9.17, 15) is 23.2 Å². The van der Waals surface area contributed by atoms with Crippen LogP contribution in [-0.2, 0) is 42.9 Å². The van der Waals surface area contributed by atoms with E-state index in [0.29, 0.717) is 56.8 Å². The number of fused-ring (bicyclic) bond motifs is 1. The molecule has 0 spiro atoms. The Kier molecular flexibility index (Phi) is 7.08. The highest BCUT2D eigenvalue weighted by Gasteiger charge is 2.47. The van der Waals surface area contributed by atoms with Crippen molar-refractivity contribution in [2.75, 3.05) is 31.2 Å². The van der Waals surface area contributed by atoms with Crippen molar-refractivity contribution in [1.82, 2.24) is 19.7 Å². The second kappa shape index (κ2) is 10.6. The van der Waals surface area contributed by atoms with E-state index in [1.54, 1.807) is 18.5 Å².